The Balaban J connectivity index is 2.11. The third kappa shape index (κ3) is 2.27. The normalized spacial score (nSPS) is 14.3. The molecule has 0 N–H and O–H groups in total. The molecule has 3 nitrogen and oxygen atoms in total. The average Bonchev–Trinajstić information content (AvgIpc) is 2.84. The number of nitrogens with zero attached hydrogens (tertiary/aromatic N) is 1. The minimum Gasteiger partial charge on any atom is -0.269 e. The first-order chi connectivity index (χ1) is 11.9. The van der Waals surface area contributed by atoms with Gasteiger partial charge in [-0.3, -0.25) is 14.5 Å². The van der Waals surface area contributed by atoms with Gasteiger partial charge in [0.05, 0.1) is 11.1 Å². The molecule has 0 unspecified atom stereocenters. The van der Waals surface area contributed by atoms with Gasteiger partial charge in [-0.25, -0.2) is 0 Å². The topological polar surface area (TPSA) is 37.4 Å². The zero-order chi connectivity index (χ0) is 17.8. The van der Waals surface area contributed by atoms with Crippen LogP contribution in [0.2, 0.25) is 0 Å². The predicted molar refractivity (Wildman–Crippen MR) is 99.6 cm³/mol. The highest BCUT2D eigenvalue weighted by Gasteiger charge is 2.43. The third-order valence-electron chi connectivity index (χ3n) is 4.63. The Morgan fingerprint density at radius 2 is 1.40 bits per heavy atom. The second-order valence-electron chi connectivity index (χ2n) is 7.38. The highest BCUT2D eigenvalue weighted by molar-refractivity contribution is 6.27. The van der Waals surface area contributed by atoms with Gasteiger partial charge in [0.1, 0.15) is 0 Å². The molecular formula is C22H19NO2. The number of fused-ring (bicyclic) bond motifs is 2. The van der Waals surface area contributed by atoms with Gasteiger partial charge >= 0.3 is 0 Å². The Kier molecular flexibility index (Phi) is 3.29. The molecule has 1 aliphatic rings. The molecule has 124 valence electrons. The van der Waals surface area contributed by atoms with Crippen molar-refractivity contribution >= 4 is 22.6 Å². The van der Waals surface area contributed by atoms with Crippen LogP contribution in [0.15, 0.2) is 60.7 Å². The molecule has 0 bridgehead atoms. The van der Waals surface area contributed by atoms with Gasteiger partial charge in [0.25, 0.3) is 11.8 Å². The number of carbonyl (C=O) groups excluding carboxylic acids is 2. The van der Waals surface area contributed by atoms with E-state index in [1.54, 1.807) is 0 Å². The number of hydrogen-bond acceptors (Lipinski definition) is 2. The highest BCUT2D eigenvalue weighted by atomic mass is 16.2. The maximum absolute atomic E-state index is 13.2. The van der Waals surface area contributed by atoms with Gasteiger partial charge in [-0.1, -0.05) is 54.6 Å². The lowest BCUT2D eigenvalue weighted by Crippen LogP contribution is -2.45. The van der Waals surface area contributed by atoms with Crippen LogP contribution in [0.5, 0.6) is 0 Å². The molecular weight excluding hydrogens is 310 g/mol. The third-order valence-corrected chi connectivity index (χ3v) is 4.63. The molecule has 0 saturated heterocycles. The molecule has 3 aromatic carbocycles. The maximum Gasteiger partial charge on any atom is 0.262 e. The number of rotatable bonds is 1. The van der Waals surface area contributed by atoms with Crippen LogP contribution >= 0.6 is 0 Å². The van der Waals surface area contributed by atoms with Crippen LogP contribution in [-0.2, 0) is 0 Å². The summed E-state index contributed by atoms with van der Waals surface area (Å²) >= 11 is 0. The van der Waals surface area contributed by atoms with E-state index in [1.165, 1.54) is 4.90 Å². The van der Waals surface area contributed by atoms with Crippen molar-refractivity contribution in [2.75, 3.05) is 0 Å². The van der Waals surface area contributed by atoms with Gasteiger partial charge in [0, 0.05) is 11.1 Å². The Labute approximate surface area is 146 Å². The molecule has 3 aromatic rings. The lowest BCUT2D eigenvalue weighted by atomic mass is 9.90. The molecule has 2 amide bonds. The summed E-state index contributed by atoms with van der Waals surface area (Å²) in [5, 5.41) is 1.96. The van der Waals surface area contributed by atoms with E-state index in [9.17, 15) is 9.59 Å². The number of carbonyl (C=O) groups is 2. The molecule has 25 heavy (non-hydrogen) atoms. The maximum atomic E-state index is 13.2. The van der Waals surface area contributed by atoms with E-state index in [1.807, 2.05) is 81.4 Å². The van der Waals surface area contributed by atoms with Crippen molar-refractivity contribution in [3.05, 3.63) is 71.8 Å². The van der Waals surface area contributed by atoms with Crippen molar-refractivity contribution in [3.63, 3.8) is 0 Å². The van der Waals surface area contributed by atoms with Crippen LogP contribution in [0, 0.1) is 0 Å². The zero-order valence-corrected chi connectivity index (χ0v) is 14.5. The molecule has 0 aliphatic carbocycles. The quantitative estimate of drug-likeness (QED) is 0.595. The smallest absolute Gasteiger partial charge is 0.262 e. The Morgan fingerprint density at radius 1 is 0.760 bits per heavy atom. The second-order valence-corrected chi connectivity index (χ2v) is 7.38. The fraction of sp³-hybridized carbons (Fsp3) is 0.182. The van der Waals surface area contributed by atoms with Crippen LogP contribution < -0.4 is 0 Å². The van der Waals surface area contributed by atoms with Crippen molar-refractivity contribution in [2.45, 2.75) is 26.3 Å². The standard InChI is InChI=1S/C22H19NO2/c1-22(2,3)23-20(24)17-13-15-11-7-8-12-16(15)18(19(17)21(23)25)14-9-5-4-6-10-14/h4-13H,1-3H3. The SMILES string of the molecule is CC(C)(C)N1C(=O)c2cc3ccccc3c(-c3ccccc3)c2C1=O. The summed E-state index contributed by atoms with van der Waals surface area (Å²) in [5.41, 5.74) is 2.25. The van der Waals surface area contributed by atoms with Crippen molar-refractivity contribution in [1.82, 2.24) is 4.90 Å². The van der Waals surface area contributed by atoms with E-state index < -0.39 is 5.54 Å². The molecule has 0 aromatic heterocycles. The van der Waals surface area contributed by atoms with Crippen LogP contribution in [0.4, 0.5) is 0 Å². The summed E-state index contributed by atoms with van der Waals surface area (Å²) < 4.78 is 0. The molecule has 4 rings (SSSR count). The van der Waals surface area contributed by atoms with Gasteiger partial charge in [-0.05, 0) is 43.2 Å². The van der Waals surface area contributed by atoms with Gasteiger partial charge in [-0.15, -0.1) is 0 Å². The summed E-state index contributed by atoms with van der Waals surface area (Å²) in [5.74, 6) is -0.424. The van der Waals surface area contributed by atoms with Crippen molar-refractivity contribution < 1.29 is 9.59 Å². The van der Waals surface area contributed by atoms with Gasteiger partial charge < -0.3 is 0 Å². The lowest BCUT2D eigenvalue weighted by Gasteiger charge is -2.29. The van der Waals surface area contributed by atoms with Crippen molar-refractivity contribution in [1.29, 1.82) is 0 Å². The number of benzene rings is 3. The molecule has 0 atom stereocenters. The van der Waals surface area contributed by atoms with Gasteiger partial charge in [0.2, 0.25) is 0 Å². The summed E-state index contributed by atoms with van der Waals surface area (Å²) in [7, 11) is 0. The van der Waals surface area contributed by atoms with Crippen LogP contribution in [0.3, 0.4) is 0 Å². The first-order valence-electron chi connectivity index (χ1n) is 8.39. The van der Waals surface area contributed by atoms with Crippen LogP contribution in [0.1, 0.15) is 41.5 Å². The van der Waals surface area contributed by atoms with Gasteiger partial charge in [0.15, 0.2) is 0 Å². The lowest BCUT2D eigenvalue weighted by molar-refractivity contribution is 0.0508. The molecule has 1 heterocycles. The fourth-order valence-corrected chi connectivity index (χ4v) is 3.58. The molecule has 3 heteroatoms. The number of hydrogen-bond donors (Lipinski definition) is 0. The minimum absolute atomic E-state index is 0.211. The van der Waals surface area contributed by atoms with E-state index in [0.717, 1.165) is 21.9 Å². The van der Waals surface area contributed by atoms with E-state index >= 15 is 0 Å². The average molecular weight is 329 g/mol. The predicted octanol–water partition coefficient (Wildman–Crippen LogP) is 4.90. The second kappa shape index (κ2) is 5.28. The summed E-state index contributed by atoms with van der Waals surface area (Å²) in [6.45, 7) is 5.66. The molecule has 0 spiro atoms. The summed E-state index contributed by atoms with van der Waals surface area (Å²) in [6, 6.07) is 19.6. The number of imide groups is 1. The van der Waals surface area contributed by atoms with Crippen LogP contribution in [0.25, 0.3) is 21.9 Å². The van der Waals surface area contributed by atoms with E-state index in [0.29, 0.717) is 11.1 Å². The molecule has 0 radical (unpaired) electrons. The zero-order valence-electron chi connectivity index (χ0n) is 14.5. The molecule has 1 aliphatic heterocycles. The first-order valence-corrected chi connectivity index (χ1v) is 8.39. The minimum atomic E-state index is -0.562. The largest absolute Gasteiger partial charge is 0.269 e. The van der Waals surface area contributed by atoms with E-state index in [2.05, 4.69) is 0 Å². The molecule has 0 saturated carbocycles. The highest BCUT2D eigenvalue weighted by Crippen LogP contribution is 2.40. The summed E-state index contributed by atoms with van der Waals surface area (Å²) in [4.78, 5) is 27.6. The Hall–Kier alpha value is -2.94. The van der Waals surface area contributed by atoms with Gasteiger partial charge in [-0.2, -0.15) is 0 Å². The Bertz CT molecular complexity index is 1010. The van der Waals surface area contributed by atoms with E-state index in [-0.39, 0.29) is 11.8 Å². The summed E-state index contributed by atoms with van der Waals surface area (Å²) in [6.07, 6.45) is 0. The first kappa shape index (κ1) is 15.6. The Morgan fingerprint density at radius 3 is 2.08 bits per heavy atom. The van der Waals surface area contributed by atoms with Crippen molar-refractivity contribution in [3.8, 4) is 11.1 Å². The van der Waals surface area contributed by atoms with Crippen LogP contribution in [-0.4, -0.2) is 22.3 Å². The van der Waals surface area contributed by atoms with Crippen molar-refractivity contribution in [2.24, 2.45) is 0 Å². The fourth-order valence-electron chi connectivity index (χ4n) is 3.58. The number of amides is 2. The van der Waals surface area contributed by atoms with E-state index in [4.69, 9.17) is 0 Å². The molecule has 0 fully saturated rings. The monoisotopic (exact) mass is 329 g/mol.